The van der Waals surface area contributed by atoms with Crippen molar-refractivity contribution >= 4 is 33.2 Å². The minimum atomic E-state index is -1.23. The Hall–Kier alpha value is 0.177. The van der Waals surface area contributed by atoms with Crippen LogP contribution in [0.3, 0.4) is 0 Å². The summed E-state index contributed by atoms with van der Waals surface area (Å²) in [5.41, 5.74) is 0. The first kappa shape index (κ1) is 10.2. The van der Waals surface area contributed by atoms with Crippen LogP contribution < -0.4 is 24.0 Å². The zero-order chi connectivity index (χ0) is 6.85. The van der Waals surface area contributed by atoms with Gasteiger partial charge in [0.2, 0.25) is 0 Å². The quantitative estimate of drug-likeness (QED) is 0.477. The Balaban J connectivity index is 0.000000810. The largest absolute Gasteiger partial charge is 1.00 e. The van der Waals surface area contributed by atoms with Crippen molar-refractivity contribution in [3.05, 3.63) is 15.0 Å². The van der Waals surface area contributed by atoms with Crippen LogP contribution in [0.5, 0.6) is 0 Å². The van der Waals surface area contributed by atoms with E-state index in [4.69, 9.17) is 0 Å². The summed E-state index contributed by atoms with van der Waals surface area (Å²) < 4.78 is 0.696. The molecule has 6 heteroatoms. The Morgan fingerprint density at radius 1 is 1.80 bits per heavy atom. The number of rotatable bonds is 1. The fourth-order valence-electron chi connectivity index (χ4n) is 0.349. The van der Waals surface area contributed by atoms with E-state index in [1.54, 1.807) is 0 Å². The van der Waals surface area contributed by atoms with E-state index in [0.717, 1.165) is 11.3 Å². The molecule has 0 N–H and O–H groups in total. The van der Waals surface area contributed by atoms with Crippen LogP contribution >= 0.6 is 27.3 Å². The van der Waals surface area contributed by atoms with Crippen LogP contribution in [0, 0.1) is 0 Å². The molecule has 0 saturated heterocycles. The number of carbonyl (C=O) groups excluding carboxylic acids is 1. The Morgan fingerprint density at radius 3 is 2.60 bits per heavy atom. The molecule has 3 nitrogen and oxygen atoms in total. The van der Waals surface area contributed by atoms with E-state index in [-0.39, 0.29) is 23.9 Å². The van der Waals surface area contributed by atoms with Gasteiger partial charge in [-0.05, 0) is 15.9 Å². The van der Waals surface area contributed by atoms with Crippen molar-refractivity contribution in [2.45, 2.75) is 0 Å². The van der Waals surface area contributed by atoms with Gasteiger partial charge in [0.1, 0.15) is 11.0 Å². The second-order valence-corrected chi connectivity index (χ2v) is 3.67. The van der Waals surface area contributed by atoms with Crippen molar-refractivity contribution in [2.24, 2.45) is 0 Å². The molecule has 0 unspecified atom stereocenters. The van der Waals surface area contributed by atoms with Crippen molar-refractivity contribution in [1.29, 1.82) is 0 Å². The van der Waals surface area contributed by atoms with Gasteiger partial charge in [0.25, 0.3) is 0 Å². The number of carboxylic acids is 1. The fraction of sp³-hybridized carbons (Fsp3) is 0. The standard InChI is InChI=1S/C4H2BrNO2S.Li/c5-2-1-6-3(9-2)4(7)8;/h1H,(H,7,8);/q;+1/p-1. The maximum Gasteiger partial charge on any atom is 1.00 e. The summed E-state index contributed by atoms with van der Waals surface area (Å²) >= 11 is 4.10. The Kier molecular flexibility index (Phi) is 4.21. The van der Waals surface area contributed by atoms with Gasteiger partial charge in [-0.2, -0.15) is 0 Å². The molecule has 0 radical (unpaired) electrons. The van der Waals surface area contributed by atoms with E-state index in [1.165, 1.54) is 6.20 Å². The maximum absolute atomic E-state index is 10.0. The summed E-state index contributed by atoms with van der Waals surface area (Å²) in [5.74, 6) is -1.23. The SMILES string of the molecule is O=C([O-])c1ncc(Br)s1.[Li+]. The van der Waals surface area contributed by atoms with Crippen molar-refractivity contribution in [3.8, 4) is 0 Å². The molecular weight excluding hydrogens is 213 g/mol. The Morgan fingerprint density at radius 2 is 2.40 bits per heavy atom. The molecule has 10 heavy (non-hydrogen) atoms. The average molecular weight is 214 g/mol. The van der Waals surface area contributed by atoms with E-state index in [2.05, 4.69) is 20.9 Å². The molecule has 1 aromatic rings. The molecule has 1 aromatic heterocycles. The number of nitrogens with zero attached hydrogens (tertiary/aromatic N) is 1. The van der Waals surface area contributed by atoms with Crippen LogP contribution in [0.2, 0.25) is 0 Å². The van der Waals surface area contributed by atoms with E-state index in [9.17, 15) is 9.90 Å². The molecule has 0 bridgehead atoms. The molecule has 0 fully saturated rings. The van der Waals surface area contributed by atoms with Crippen LogP contribution in [0.4, 0.5) is 0 Å². The zero-order valence-corrected chi connectivity index (χ0v) is 7.53. The molecule has 0 aliphatic heterocycles. The molecule has 0 amide bonds. The van der Waals surface area contributed by atoms with Gasteiger partial charge >= 0.3 is 18.9 Å². The van der Waals surface area contributed by atoms with Crippen molar-refractivity contribution < 1.29 is 28.8 Å². The fourth-order valence-corrected chi connectivity index (χ4v) is 1.39. The minimum absolute atomic E-state index is 0. The minimum Gasteiger partial charge on any atom is -0.542 e. The van der Waals surface area contributed by atoms with Gasteiger partial charge in [-0.3, -0.25) is 0 Å². The molecule has 0 aliphatic carbocycles. The van der Waals surface area contributed by atoms with E-state index in [1.807, 2.05) is 0 Å². The van der Waals surface area contributed by atoms with Gasteiger partial charge in [0, 0.05) is 0 Å². The van der Waals surface area contributed by atoms with E-state index in [0.29, 0.717) is 3.79 Å². The first-order valence-electron chi connectivity index (χ1n) is 2.03. The molecule has 1 heterocycles. The summed E-state index contributed by atoms with van der Waals surface area (Å²) in [6.45, 7) is 0. The molecule has 0 atom stereocenters. The first-order valence-corrected chi connectivity index (χ1v) is 3.64. The number of halogens is 1. The van der Waals surface area contributed by atoms with Gasteiger partial charge in [-0.15, -0.1) is 11.3 Å². The van der Waals surface area contributed by atoms with Crippen molar-refractivity contribution in [2.75, 3.05) is 0 Å². The molecule has 0 aliphatic rings. The van der Waals surface area contributed by atoms with Gasteiger partial charge in [-0.1, -0.05) is 0 Å². The second kappa shape index (κ2) is 4.14. The molecule has 1 rings (SSSR count). The topological polar surface area (TPSA) is 53.0 Å². The summed E-state index contributed by atoms with van der Waals surface area (Å²) in [4.78, 5) is 13.6. The number of carbonyl (C=O) groups is 1. The maximum atomic E-state index is 10.0. The van der Waals surface area contributed by atoms with Crippen LogP contribution in [-0.2, 0) is 0 Å². The predicted molar refractivity (Wildman–Crippen MR) is 34.1 cm³/mol. The zero-order valence-electron chi connectivity index (χ0n) is 5.13. The number of hydrogen-bond acceptors (Lipinski definition) is 4. The number of aromatic nitrogens is 1. The van der Waals surface area contributed by atoms with E-state index < -0.39 is 5.97 Å². The molecule has 0 aromatic carbocycles. The van der Waals surface area contributed by atoms with Crippen LogP contribution in [0.25, 0.3) is 0 Å². The number of carboxylic acid groups (broad SMARTS) is 1. The van der Waals surface area contributed by atoms with E-state index >= 15 is 0 Å². The summed E-state index contributed by atoms with van der Waals surface area (Å²) in [5, 5.41) is 10.0. The third-order valence-electron chi connectivity index (χ3n) is 0.652. The third kappa shape index (κ3) is 2.43. The Labute approximate surface area is 81.8 Å². The molecular formula is C4HBrLiNO2S. The van der Waals surface area contributed by atoms with Gasteiger partial charge in [0.05, 0.1) is 9.98 Å². The van der Waals surface area contributed by atoms with Crippen molar-refractivity contribution in [1.82, 2.24) is 4.98 Å². The molecule has 0 saturated carbocycles. The predicted octanol–water partition coefficient (Wildman–Crippen LogP) is -2.73. The summed E-state index contributed by atoms with van der Waals surface area (Å²) in [6, 6.07) is 0. The van der Waals surface area contributed by atoms with Crippen LogP contribution in [0.15, 0.2) is 9.98 Å². The monoisotopic (exact) mass is 213 g/mol. The molecule has 0 spiro atoms. The Bertz CT molecular complexity index is 239. The normalized spacial score (nSPS) is 8.50. The number of thiazole rings is 1. The van der Waals surface area contributed by atoms with Gasteiger partial charge < -0.3 is 9.90 Å². The smallest absolute Gasteiger partial charge is 0.542 e. The third-order valence-corrected chi connectivity index (χ3v) is 2.11. The van der Waals surface area contributed by atoms with Crippen molar-refractivity contribution in [3.63, 3.8) is 0 Å². The summed E-state index contributed by atoms with van der Waals surface area (Å²) in [6.07, 6.45) is 1.43. The first-order chi connectivity index (χ1) is 4.20. The van der Waals surface area contributed by atoms with Gasteiger partial charge in [-0.25, -0.2) is 4.98 Å². The van der Waals surface area contributed by atoms with Crippen LogP contribution in [-0.4, -0.2) is 11.0 Å². The average Bonchev–Trinajstić information content (AvgIpc) is 2.14. The second-order valence-electron chi connectivity index (χ2n) is 1.26. The number of hydrogen-bond donors (Lipinski definition) is 0. The van der Waals surface area contributed by atoms with Gasteiger partial charge in [0.15, 0.2) is 0 Å². The van der Waals surface area contributed by atoms with Crippen LogP contribution in [0.1, 0.15) is 9.80 Å². The molecule has 48 valence electrons. The summed E-state index contributed by atoms with van der Waals surface area (Å²) in [7, 11) is 0. The number of aromatic carboxylic acids is 1.